The molecule has 0 aliphatic carbocycles. The summed E-state index contributed by atoms with van der Waals surface area (Å²) in [6, 6.07) is -1.96. The number of nitrogens with one attached hydrogen (secondary N) is 2. The zero-order valence-electron chi connectivity index (χ0n) is 10.7. The molecule has 114 valence electrons. The van der Waals surface area contributed by atoms with E-state index in [-0.39, 0.29) is 24.5 Å². The van der Waals surface area contributed by atoms with Gasteiger partial charge in [0, 0.05) is 19.0 Å². The standard InChI is InChI=1S/C10H17N3O6S/c11-8(14)4-7(10(16)17)13-9(15)3-6-5-20(18,19)2-1-12-6/h6-7,12H,1-5H2,(H2,11,14)(H,13,15)(H,16,17)/t6?,7-/m1/s1. The molecule has 0 bridgehead atoms. The van der Waals surface area contributed by atoms with Crippen LogP contribution in [-0.2, 0) is 24.2 Å². The van der Waals surface area contributed by atoms with Gasteiger partial charge >= 0.3 is 5.97 Å². The van der Waals surface area contributed by atoms with Gasteiger partial charge in [-0.05, 0) is 0 Å². The molecule has 1 aliphatic heterocycles. The maximum Gasteiger partial charge on any atom is 0.326 e. The van der Waals surface area contributed by atoms with E-state index in [0.29, 0.717) is 0 Å². The minimum absolute atomic E-state index is 0.0184. The number of carbonyl (C=O) groups is 3. The van der Waals surface area contributed by atoms with Crippen molar-refractivity contribution in [3.8, 4) is 0 Å². The number of amides is 2. The van der Waals surface area contributed by atoms with E-state index in [9.17, 15) is 22.8 Å². The smallest absolute Gasteiger partial charge is 0.326 e. The topological polar surface area (TPSA) is 156 Å². The fourth-order valence-corrected chi connectivity index (χ4v) is 3.32. The molecule has 0 aromatic carbocycles. The molecule has 20 heavy (non-hydrogen) atoms. The van der Waals surface area contributed by atoms with Gasteiger partial charge in [-0.15, -0.1) is 0 Å². The summed E-state index contributed by atoms with van der Waals surface area (Å²) in [5, 5.41) is 13.8. The van der Waals surface area contributed by atoms with Crippen molar-refractivity contribution in [1.82, 2.24) is 10.6 Å². The summed E-state index contributed by atoms with van der Waals surface area (Å²) in [7, 11) is -3.17. The van der Waals surface area contributed by atoms with Gasteiger partial charge in [0.2, 0.25) is 11.8 Å². The van der Waals surface area contributed by atoms with Crippen LogP contribution < -0.4 is 16.4 Å². The van der Waals surface area contributed by atoms with Gasteiger partial charge in [0.15, 0.2) is 9.84 Å². The Bertz CT molecular complexity index is 503. The normalized spacial score (nSPS) is 22.7. The molecule has 0 aromatic rings. The fourth-order valence-electron chi connectivity index (χ4n) is 1.88. The third-order valence-electron chi connectivity index (χ3n) is 2.77. The minimum atomic E-state index is -3.17. The van der Waals surface area contributed by atoms with E-state index in [1.54, 1.807) is 0 Å². The molecule has 2 amide bonds. The lowest BCUT2D eigenvalue weighted by Gasteiger charge is -2.23. The highest BCUT2D eigenvalue weighted by Gasteiger charge is 2.28. The van der Waals surface area contributed by atoms with E-state index in [0.717, 1.165) is 0 Å². The molecular formula is C10H17N3O6S. The van der Waals surface area contributed by atoms with Crippen molar-refractivity contribution in [3.63, 3.8) is 0 Å². The molecule has 1 aliphatic rings. The lowest BCUT2D eigenvalue weighted by Crippen LogP contribution is -2.49. The molecule has 0 spiro atoms. The summed E-state index contributed by atoms with van der Waals surface area (Å²) in [5.74, 6) is -3.02. The highest BCUT2D eigenvalue weighted by Crippen LogP contribution is 2.05. The lowest BCUT2D eigenvalue weighted by molar-refractivity contribution is -0.143. The minimum Gasteiger partial charge on any atom is -0.480 e. The number of rotatable bonds is 6. The third-order valence-corrected chi connectivity index (χ3v) is 4.51. The van der Waals surface area contributed by atoms with Gasteiger partial charge in [-0.2, -0.15) is 0 Å². The monoisotopic (exact) mass is 307 g/mol. The maximum atomic E-state index is 11.7. The van der Waals surface area contributed by atoms with Crippen LogP contribution in [0.2, 0.25) is 0 Å². The Morgan fingerprint density at radius 2 is 2.05 bits per heavy atom. The number of primary amides is 1. The number of carboxylic acid groups (broad SMARTS) is 1. The van der Waals surface area contributed by atoms with Crippen LogP contribution in [0.25, 0.3) is 0 Å². The van der Waals surface area contributed by atoms with E-state index in [4.69, 9.17) is 10.8 Å². The van der Waals surface area contributed by atoms with Crippen molar-refractivity contribution < 1.29 is 27.9 Å². The van der Waals surface area contributed by atoms with Crippen molar-refractivity contribution in [2.24, 2.45) is 5.73 Å². The largest absolute Gasteiger partial charge is 0.480 e. The molecular weight excluding hydrogens is 290 g/mol. The molecule has 1 saturated heterocycles. The summed E-state index contributed by atoms with van der Waals surface area (Å²) >= 11 is 0. The molecule has 5 N–H and O–H groups in total. The number of nitrogens with two attached hydrogens (primary N) is 1. The van der Waals surface area contributed by atoms with E-state index in [1.807, 2.05) is 0 Å². The van der Waals surface area contributed by atoms with Crippen molar-refractivity contribution in [1.29, 1.82) is 0 Å². The summed E-state index contributed by atoms with van der Waals surface area (Å²) in [4.78, 5) is 33.2. The maximum absolute atomic E-state index is 11.7. The summed E-state index contributed by atoms with van der Waals surface area (Å²) in [6.45, 7) is 0.254. The highest BCUT2D eigenvalue weighted by molar-refractivity contribution is 7.91. The molecule has 9 nitrogen and oxygen atoms in total. The Kier molecular flexibility index (Phi) is 5.45. The van der Waals surface area contributed by atoms with Crippen LogP contribution in [0.1, 0.15) is 12.8 Å². The summed E-state index contributed by atoms with van der Waals surface area (Å²) in [5.41, 5.74) is 4.88. The highest BCUT2D eigenvalue weighted by atomic mass is 32.2. The quantitative estimate of drug-likeness (QED) is 0.413. The predicted octanol–water partition coefficient (Wildman–Crippen LogP) is -2.79. The van der Waals surface area contributed by atoms with Gasteiger partial charge in [-0.25, -0.2) is 13.2 Å². The van der Waals surface area contributed by atoms with Crippen LogP contribution in [0.5, 0.6) is 0 Å². The first-order chi connectivity index (χ1) is 9.19. The lowest BCUT2D eigenvalue weighted by atomic mass is 10.1. The van der Waals surface area contributed by atoms with E-state index in [2.05, 4.69) is 10.6 Å². The molecule has 0 radical (unpaired) electrons. The van der Waals surface area contributed by atoms with Crippen LogP contribution in [-0.4, -0.2) is 61.4 Å². The third kappa shape index (κ3) is 5.53. The molecule has 0 saturated carbocycles. The fraction of sp³-hybridized carbons (Fsp3) is 0.700. The van der Waals surface area contributed by atoms with Gasteiger partial charge in [0.25, 0.3) is 0 Å². The Hall–Kier alpha value is -1.68. The Morgan fingerprint density at radius 1 is 1.40 bits per heavy atom. The first-order valence-corrected chi connectivity index (χ1v) is 7.76. The molecule has 1 heterocycles. The van der Waals surface area contributed by atoms with Crippen molar-refractivity contribution >= 4 is 27.6 Å². The second-order valence-electron chi connectivity index (χ2n) is 4.60. The van der Waals surface area contributed by atoms with Crippen LogP contribution in [0, 0.1) is 0 Å². The molecule has 1 unspecified atom stereocenters. The second kappa shape index (κ2) is 6.66. The van der Waals surface area contributed by atoms with Crippen LogP contribution in [0.3, 0.4) is 0 Å². The second-order valence-corrected chi connectivity index (χ2v) is 6.83. The van der Waals surface area contributed by atoms with E-state index in [1.165, 1.54) is 0 Å². The predicted molar refractivity (Wildman–Crippen MR) is 68.4 cm³/mol. The first kappa shape index (κ1) is 16.4. The molecule has 10 heteroatoms. The molecule has 1 rings (SSSR count). The Morgan fingerprint density at radius 3 is 2.55 bits per heavy atom. The van der Waals surface area contributed by atoms with Crippen LogP contribution >= 0.6 is 0 Å². The number of carbonyl (C=O) groups excluding carboxylic acids is 2. The van der Waals surface area contributed by atoms with Crippen LogP contribution in [0.15, 0.2) is 0 Å². The number of hydrogen-bond donors (Lipinski definition) is 4. The van der Waals surface area contributed by atoms with Gasteiger partial charge in [-0.3, -0.25) is 9.59 Å². The van der Waals surface area contributed by atoms with Crippen LogP contribution in [0.4, 0.5) is 0 Å². The Labute approximate surface area is 115 Å². The van der Waals surface area contributed by atoms with Crippen molar-refractivity contribution in [3.05, 3.63) is 0 Å². The van der Waals surface area contributed by atoms with Gasteiger partial charge in [0.05, 0.1) is 17.9 Å². The average molecular weight is 307 g/mol. The zero-order chi connectivity index (χ0) is 15.3. The first-order valence-electron chi connectivity index (χ1n) is 5.94. The van der Waals surface area contributed by atoms with E-state index >= 15 is 0 Å². The van der Waals surface area contributed by atoms with Gasteiger partial charge in [0.1, 0.15) is 6.04 Å². The summed E-state index contributed by atoms with van der Waals surface area (Å²) < 4.78 is 22.8. The number of sulfone groups is 1. The van der Waals surface area contributed by atoms with Crippen molar-refractivity contribution in [2.45, 2.75) is 24.9 Å². The van der Waals surface area contributed by atoms with Gasteiger partial charge in [-0.1, -0.05) is 0 Å². The number of aliphatic carboxylic acids is 1. The molecule has 1 fully saturated rings. The van der Waals surface area contributed by atoms with E-state index < -0.39 is 46.1 Å². The Balaban J connectivity index is 2.53. The SMILES string of the molecule is NC(=O)C[C@@H](NC(=O)CC1CS(=O)(=O)CCN1)C(=O)O. The molecule has 0 aromatic heterocycles. The number of hydrogen-bond acceptors (Lipinski definition) is 6. The average Bonchev–Trinajstić information content (AvgIpc) is 2.25. The zero-order valence-corrected chi connectivity index (χ0v) is 11.5. The number of carboxylic acids is 1. The summed E-state index contributed by atoms with van der Waals surface area (Å²) in [6.07, 6.45) is -0.695. The molecule has 2 atom stereocenters. The van der Waals surface area contributed by atoms with Crippen molar-refractivity contribution in [2.75, 3.05) is 18.1 Å². The van der Waals surface area contributed by atoms with Gasteiger partial charge < -0.3 is 21.5 Å².